The molecule has 10 heteroatoms. The van der Waals surface area contributed by atoms with E-state index in [1.807, 2.05) is 33.3 Å². The van der Waals surface area contributed by atoms with Crippen LogP contribution in [0.5, 0.6) is 0 Å². The van der Waals surface area contributed by atoms with E-state index in [9.17, 15) is 19.0 Å². The number of carbonyl (C=O) groups is 2. The normalized spacial score (nSPS) is 13.8. The van der Waals surface area contributed by atoms with Crippen LogP contribution < -0.4 is 5.32 Å². The minimum Gasteiger partial charge on any atom is -0.456 e. The molecule has 520 valence electrons. The van der Waals surface area contributed by atoms with Crippen LogP contribution in [-0.4, -0.2) is 74.3 Å². The molecule has 2 N–H and O–H groups in total. The molecule has 0 aliphatic carbocycles. The maximum Gasteiger partial charge on any atom is 0.472 e. The molecule has 0 saturated carbocycles. The van der Waals surface area contributed by atoms with E-state index in [1.54, 1.807) is 0 Å². The van der Waals surface area contributed by atoms with Crippen LogP contribution in [0.15, 0.2) is 72.9 Å². The van der Waals surface area contributed by atoms with Crippen LogP contribution in [0.2, 0.25) is 0 Å². The van der Waals surface area contributed by atoms with Crippen molar-refractivity contribution >= 4 is 19.7 Å². The highest BCUT2D eigenvalue weighted by atomic mass is 31.2. The first-order valence-corrected chi connectivity index (χ1v) is 39.8. The van der Waals surface area contributed by atoms with Crippen LogP contribution in [0, 0.1) is 0 Å². The summed E-state index contributed by atoms with van der Waals surface area (Å²) in [7, 11) is 1.50. The number of rotatable bonds is 70. The summed E-state index contributed by atoms with van der Waals surface area (Å²) in [6, 6.07) is -0.856. The van der Waals surface area contributed by atoms with Crippen LogP contribution >= 0.6 is 7.82 Å². The van der Waals surface area contributed by atoms with Gasteiger partial charge in [0.05, 0.1) is 33.8 Å². The van der Waals surface area contributed by atoms with Crippen molar-refractivity contribution in [3.05, 3.63) is 72.9 Å². The summed E-state index contributed by atoms with van der Waals surface area (Å²) < 4.78 is 30.9. The summed E-state index contributed by atoms with van der Waals surface area (Å²) in [5.74, 6) is -0.503. The zero-order valence-electron chi connectivity index (χ0n) is 59.7. The lowest BCUT2D eigenvalue weighted by Crippen LogP contribution is -2.47. The van der Waals surface area contributed by atoms with Gasteiger partial charge in [0, 0.05) is 12.8 Å². The molecule has 3 atom stereocenters. The number of ether oxygens (including phenoxy) is 1. The van der Waals surface area contributed by atoms with Crippen LogP contribution in [0.25, 0.3) is 0 Å². The molecule has 0 fully saturated rings. The number of likely N-dealkylation sites (N-methyl/N-ethyl adjacent to an activating group) is 1. The van der Waals surface area contributed by atoms with Gasteiger partial charge in [-0.1, -0.05) is 325 Å². The molecule has 9 nitrogen and oxygen atoms in total. The van der Waals surface area contributed by atoms with Gasteiger partial charge in [-0.15, -0.1) is 0 Å². The molecule has 1 amide bonds. The lowest BCUT2D eigenvalue weighted by atomic mass is 10.0. The predicted molar refractivity (Wildman–Crippen MR) is 388 cm³/mol. The number of unbranched alkanes of at least 4 members (excludes halogenated alkanes) is 44. The maximum absolute atomic E-state index is 13.7. The summed E-state index contributed by atoms with van der Waals surface area (Å²) in [4.78, 5) is 38.0. The maximum atomic E-state index is 13.7. The fourth-order valence-corrected chi connectivity index (χ4v) is 12.0. The van der Waals surface area contributed by atoms with Crippen LogP contribution in [-0.2, 0) is 27.9 Å². The number of allylic oxidation sites excluding steroid dienone is 11. The summed E-state index contributed by atoms with van der Waals surface area (Å²) in [5.41, 5.74) is 0. The van der Waals surface area contributed by atoms with Crippen molar-refractivity contribution in [3.8, 4) is 0 Å². The first kappa shape index (κ1) is 86.5. The quantitative estimate of drug-likeness (QED) is 0.0205. The highest BCUT2D eigenvalue weighted by Crippen LogP contribution is 2.43. The topological polar surface area (TPSA) is 111 Å². The average molecular weight is 1270 g/mol. The van der Waals surface area contributed by atoms with Crippen molar-refractivity contribution in [2.45, 2.75) is 380 Å². The van der Waals surface area contributed by atoms with E-state index in [0.29, 0.717) is 17.4 Å². The summed E-state index contributed by atoms with van der Waals surface area (Å²) in [5, 5.41) is 3.08. The molecule has 0 aromatic carbocycles. The second kappa shape index (κ2) is 68.3. The van der Waals surface area contributed by atoms with Gasteiger partial charge in [-0.05, 0) is 102 Å². The van der Waals surface area contributed by atoms with Gasteiger partial charge >= 0.3 is 13.8 Å². The number of esters is 1. The first-order valence-electron chi connectivity index (χ1n) is 38.3. The van der Waals surface area contributed by atoms with Gasteiger partial charge in [-0.3, -0.25) is 18.6 Å². The zero-order valence-corrected chi connectivity index (χ0v) is 60.6. The molecule has 0 saturated heterocycles. The van der Waals surface area contributed by atoms with Gasteiger partial charge in [-0.25, -0.2) is 4.57 Å². The smallest absolute Gasteiger partial charge is 0.456 e. The molecule has 0 aliphatic heterocycles. The standard InChI is InChI=1S/C79H147N2O7P/c1-7-10-13-16-19-22-25-28-30-32-34-36-38-39-40-41-43-44-46-48-50-53-56-59-62-65-68-71-78(82)80-76(75-87-89(84,85)86-74-73-81(4,5)6)77(70-67-64-61-58-55-52-27-24-21-18-15-12-9-3)88-79(83)72-69-66-63-60-57-54-51-49-47-45-42-37-35-33-31-29-26-23-20-17-14-11-8-2/h20,23,28-31,35,37,45,47,67,70,76-77H,7-19,21-22,24-27,32-34,36,38-44,46,48-66,68-69,71-75H2,1-6H3,(H-,80,82,84,85)/p+1/b23-20-,30-28+,31-29-,37-35-,47-45-,70-67-. The first-order chi connectivity index (χ1) is 43.4. The number of nitrogens with zero attached hydrogens (tertiary/aromatic N) is 1. The third kappa shape index (κ3) is 69.6. The van der Waals surface area contributed by atoms with Crippen LogP contribution in [0.4, 0.5) is 0 Å². The SMILES string of the molecule is CCCCC/C=C\C/C=C\C/C=C\C/C=C\CCCCCCCCCC(=O)OC(/C=C\CCCCCCCCCCCCC)C(COP(=O)(O)OCC[N+](C)(C)C)NC(=O)CCCCCCCCCCCCCCCCCCC/C=C/CCCCCCCC. The molecular formula is C79H148N2O7P+. The fourth-order valence-electron chi connectivity index (χ4n) is 11.2. The number of nitrogens with one attached hydrogen (secondary N) is 1. The van der Waals surface area contributed by atoms with Gasteiger partial charge in [0.2, 0.25) is 5.91 Å². The number of hydrogen-bond acceptors (Lipinski definition) is 6. The van der Waals surface area contributed by atoms with E-state index in [1.165, 1.54) is 244 Å². The molecule has 3 unspecified atom stereocenters. The van der Waals surface area contributed by atoms with Crippen molar-refractivity contribution < 1.29 is 37.3 Å². The number of hydrogen-bond donors (Lipinski definition) is 2. The van der Waals surface area contributed by atoms with Crippen LogP contribution in [0.3, 0.4) is 0 Å². The zero-order chi connectivity index (χ0) is 64.9. The molecule has 0 spiro atoms. The lowest BCUT2D eigenvalue weighted by molar-refractivity contribution is -0.870. The van der Waals surface area contributed by atoms with E-state index in [-0.39, 0.29) is 31.5 Å². The Morgan fingerprint density at radius 2 is 0.685 bits per heavy atom. The fraction of sp³-hybridized carbons (Fsp3) is 0.823. The van der Waals surface area contributed by atoms with Gasteiger partial charge in [0.1, 0.15) is 19.3 Å². The molecule has 0 heterocycles. The van der Waals surface area contributed by atoms with Crippen molar-refractivity contribution in [3.63, 3.8) is 0 Å². The lowest BCUT2D eigenvalue weighted by Gasteiger charge is -2.27. The van der Waals surface area contributed by atoms with Gasteiger partial charge < -0.3 is 19.4 Å². The van der Waals surface area contributed by atoms with Crippen molar-refractivity contribution in [1.82, 2.24) is 5.32 Å². The van der Waals surface area contributed by atoms with E-state index >= 15 is 0 Å². The highest BCUT2D eigenvalue weighted by molar-refractivity contribution is 7.47. The number of quaternary nitrogens is 1. The number of phosphoric acid groups is 1. The average Bonchev–Trinajstić information content (AvgIpc) is 3.57. The summed E-state index contributed by atoms with van der Waals surface area (Å²) in [6.07, 6.45) is 90.7. The largest absolute Gasteiger partial charge is 0.472 e. The Bertz CT molecular complexity index is 1750. The van der Waals surface area contributed by atoms with E-state index in [0.717, 1.165) is 89.9 Å². The summed E-state index contributed by atoms with van der Waals surface area (Å²) in [6.45, 7) is 7.02. The number of carbonyl (C=O) groups excluding carboxylic acids is 2. The Morgan fingerprint density at radius 3 is 1.06 bits per heavy atom. The van der Waals surface area contributed by atoms with E-state index in [2.05, 4.69) is 86.8 Å². The van der Waals surface area contributed by atoms with Gasteiger partial charge in [-0.2, -0.15) is 0 Å². The van der Waals surface area contributed by atoms with Gasteiger partial charge in [0.15, 0.2) is 0 Å². The molecular weight excluding hydrogens is 1120 g/mol. The molecule has 0 bridgehead atoms. The molecule has 0 radical (unpaired) electrons. The van der Waals surface area contributed by atoms with Gasteiger partial charge in [0.25, 0.3) is 0 Å². The van der Waals surface area contributed by atoms with E-state index in [4.69, 9.17) is 13.8 Å². The van der Waals surface area contributed by atoms with E-state index < -0.39 is 20.0 Å². The third-order valence-corrected chi connectivity index (χ3v) is 18.1. The second-order valence-corrected chi connectivity index (χ2v) is 28.6. The number of phosphoric ester groups is 1. The summed E-state index contributed by atoms with van der Waals surface area (Å²) >= 11 is 0. The Labute approximate surface area is 553 Å². The Kier molecular flexibility index (Phi) is 66.4. The Balaban J connectivity index is 5.02. The minimum absolute atomic E-state index is 0.0378. The van der Waals surface area contributed by atoms with Crippen LogP contribution in [0.1, 0.15) is 367 Å². The molecule has 0 aliphatic rings. The van der Waals surface area contributed by atoms with Crippen molar-refractivity contribution in [2.75, 3.05) is 40.9 Å². The molecule has 89 heavy (non-hydrogen) atoms. The monoisotopic (exact) mass is 1270 g/mol. The molecule has 0 rings (SSSR count). The highest BCUT2D eigenvalue weighted by Gasteiger charge is 2.30. The third-order valence-electron chi connectivity index (χ3n) is 17.1. The second-order valence-electron chi connectivity index (χ2n) is 27.2. The number of amides is 1. The Hall–Kier alpha value is -2.55. The van der Waals surface area contributed by atoms with Crippen molar-refractivity contribution in [1.29, 1.82) is 0 Å². The van der Waals surface area contributed by atoms with Crippen molar-refractivity contribution in [2.24, 2.45) is 0 Å². The Morgan fingerprint density at radius 1 is 0.393 bits per heavy atom. The molecule has 0 aromatic rings. The predicted octanol–water partition coefficient (Wildman–Crippen LogP) is 24.7. The molecule has 0 aromatic heterocycles. The minimum atomic E-state index is -4.46.